The Balaban J connectivity index is 1.65. The predicted molar refractivity (Wildman–Crippen MR) is 80.4 cm³/mol. The van der Waals surface area contributed by atoms with Crippen molar-refractivity contribution in [2.24, 2.45) is 0 Å². The minimum atomic E-state index is -4.47. The number of rotatable bonds is 3. The lowest BCUT2D eigenvalue weighted by Crippen LogP contribution is -2.06. The van der Waals surface area contributed by atoms with E-state index in [2.05, 4.69) is 10.1 Å². The maximum absolute atomic E-state index is 13.1. The van der Waals surface area contributed by atoms with Gasteiger partial charge < -0.3 is 13.7 Å². The Bertz CT molecular complexity index is 879. The zero-order valence-electron chi connectivity index (χ0n) is 12.9. The normalized spacial score (nSPS) is 18.0. The van der Waals surface area contributed by atoms with E-state index in [4.69, 9.17) is 13.7 Å². The lowest BCUT2D eigenvalue weighted by molar-refractivity contribution is -0.137. The third kappa shape index (κ3) is 3.05. The minimum Gasteiger partial charge on any atom is -0.451 e. The Morgan fingerprint density at radius 2 is 1.84 bits per heavy atom. The Hall–Kier alpha value is -2.61. The molecule has 1 aliphatic rings. The minimum absolute atomic E-state index is 0.0416. The first-order valence-corrected chi connectivity index (χ1v) is 7.74. The molecule has 2 aromatic heterocycles. The molecular weight excluding hydrogens is 337 g/mol. The van der Waals surface area contributed by atoms with E-state index in [1.807, 2.05) is 0 Å². The van der Waals surface area contributed by atoms with Gasteiger partial charge in [0.1, 0.15) is 11.9 Å². The average molecular weight is 350 g/mol. The lowest BCUT2D eigenvalue weighted by atomic mass is 10.1. The summed E-state index contributed by atoms with van der Waals surface area (Å²) >= 11 is 0. The van der Waals surface area contributed by atoms with Gasteiger partial charge in [-0.2, -0.15) is 18.2 Å². The number of furan rings is 1. The number of aromatic nitrogens is 2. The number of nitrogens with zero attached hydrogens (tertiary/aromatic N) is 2. The molecular formula is C17H13F3N2O3. The summed E-state index contributed by atoms with van der Waals surface area (Å²) in [7, 11) is 0. The highest BCUT2D eigenvalue weighted by Crippen LogP contribution is 2.38. The molecule has 1 aliphatic heterocycles. The molecule has 1 unspecified atom stereocenters. The Kier molecular flexibility index (Phi) is 3.84. The quantitative estimate of drug-likeness (QED) is 0.675. The van der Waals surface area contributed by atoms with Gasteiger partial charge in [0, 0.05) is 12.2 Å². The van der Waals surface area contributed by atoms with Crippen LogP contribution in [-0.4, -0.2) is 16.7 Å². The molecule has 0 spiro atoms. The fourth-order valence-corrected chi connectivity index (χ4v) is 2.79. The SMILES string of the molecule is FC(F)(F)c1ccccc1-c1ccc(-c2nc(C3CCCO3)no2)o1. The van der Waals surface area contributed by atoms with E-state index >= 15 is 0 Å². The summed E-state index contributed by atoms with van der Waals surface area (Å²) in [4.78, 5) is 4.22. The summed E-state index contributed by atoms with van der Waals surface area (Å²) < 4.78 is 55.6. The first kappa shape index (κ1) is 15.9. The van der Waals surface area contributed by atoms with E-state index < -0.39 is 11.7 Å². The van der Waals surface area contributed by atoms with Crippen LogP contribution < -0.4 is 0 Å². The van der Waals surface area contributed by atoms with Crippen molar-refractivity contribution in [3.8, 4) is 23.0 Å². The van der Waals surface area contributed by atoms with Gasteiger partial charge in [0.25, 0.3) is 5.89 Å². The molecule has 0 radical (unpaired) electrons. The highest BCUT2D eigenvalue weighted by Gasteiger charge is 2.34. The molecule has 0 N–H and O–H groups in total. The van der Waals surface area contributed by atoms with Crippen molar-refractivity contribution in [2.75, 3.05) is 6.61 Å². The van der Waals surface area contributed by atoms with E-state index in [0.29, 0.717) is 12.4 Å². The number of benzene rings is 1. The lowest BCUT2D eigenvalue weighted by Gasteiger charge is -2.10. The van der Waals surface area contributed by atoms with Gasteiger partial charge in [-0.05, 0) is 31.0 Å². The first-order chi connectivity index (χ1) is 12.0. The van der Waals surface area contributed by atoms with Crippen molar-refractivity contribution in [3.63, 3.8) is 0 Å². The topological polar surface area (TPSA) is 61.3 Å². The van der Waals surface area contributed by atoms with Gasteiger partial charge in [-0.1, -0.05) is 23.4 Å². The van der Waals surface area contributed by atoms with Crippen molar-refractivity contribution < 1.29 is 26.8 Å². The predicted octanol–water partition coefficient (Wildman–Crippen LogP) is 4.87. The van der Waals surface area contributed by atoms with Gasteiger partial charge in [0.2, 0.25) is 5.82 Å². The van der Waals surface area contributed by atoms with Crippen LogP contribution in [0.5, 0.6) is 0 Å². The smallest absolute Gasteiger partial charge is 0.417 e. The molecule has 1 fully saturated rings. The molecule has 5 nitrogen and oxygen atoms in total. The summed E-state index contributed by atoms with van der Waals surface area (Å²) in [6, 6.07) is 8.19. The Morgan fingerprint density at radius 3 is 2.60 bits per heavy atom. The third-order valence-corrected chi connectivity index (χ3v) is 3.97. The van der Waals surface area contributed by atoms with Crippen LogP contribution in [0.1, 0.15) is 30.3 Å². The second-order valence-corrected chi connectivity index (χ2v) is 5.67. The summed E-state index contributed by atoms with van der Waals surface area (Å²) in [6.07, 6.45) is -2.95. The summed E-state index contributed by atoms with van der Waals surface area (Å²) in [5.74, 6) is 0.825. The van der Waals surface area contributed by atoms with Gasteiger partial charge in [-0.25, -0.2) is 0 Å². The molecule has 1 aromatic carbocycles. The van der Waals surface area contributed by atoms with Crippen LogP contribution in [0.25, 0.3) is 23.0 Å². The van der Waals surface area contributed by atoms with Gasteiger partial charge in [-0.3, -0.25) is 0 Å². The molecule has 4 rings (SSSR count). The van der Waals surface area contributed by atoms with Crippen LogP contribution in [0, 0.1) is 0 Å². The van der Waals surface area contributed by atoms with Crippen molar-refractivity contribution in [2.45, 2.75) is 25.1 Å². The summed E-state index contributed by atoms with van der Waals surface area (Å²) in [5.41, 5.74) is -0.804. The second-order valence-electron chi connectivity index (χ2n) is 5.67. The highest BCUT2D eigenvalue weighted by molar-refractivity contribution is 5.65. The molecule has 0 amide bonds. The summed E-state index contributed by atoms with van der Waals surface area (Å²) in [5, 5.41) is 3.86. The van der Waals surface area contributed by atoms with Crippen molar-refractivity contribution in [3.05, 3.63) is 47.8 Å². The molecule has 8 heteroatoms. The van der Waals surface area contributed by atoms with Gasteiger partial charge in [0.05, 0.1) is 5.56 Å². The monoisotopic (exact) mass is 350 g/mol. The average Bonchev–Trinajstić information content (AvgIpc) is 3.33. The standard InChI is InChI=1S/C17H13F3N2O3/c18-17(19,20)11-5-2-1-4-10(11)12-7-8-14(24-12)16-21-15(22-25-16)13-6-3-9-23-13/h1-2,4-5,7-8,13H,3,6,9H2. The largest absolute Gasteiger partial charge is 0.451 e. The fourth-order valence-electron chi connectivity index (χ4n) is 2.79. The van der Waals surface area contributed by atoms with E-state index in [1.165, 1.54) is 30.3 Å². The van der Waals surface area contributed by atoms with Crippen LogP contribution in [0.2, 0.25) is 0 Å². The molecule has 25 heavy (non-hydrogen) atoms. The molecule has 0 aliphatic carbocycles. The van der Waals surface area contributed by atoms with E-state index in [9.17, 15) is 13.2 Å². The first-order valence-electron chi connectivity index (χ1n) is 7.74. The van der Waals surface area contributed by atoms with Crippen molar-refractivity contribution >= 4 is 0 Å². The van der Waals surface area contributed by atoms with E-state index in [0.717, 1.165) is 18.9 Å². The number of hydrogen-bond acceptors (Lipinski definition) is 5. The molecule has 1 atom stereocenters. The van der Waals surface area contributed by atoms with Gasteiger partial charge in [-0.15, -0.1) is 0 Å². The molecule has 3 aromatic rings. The van der Waals surface area contributed by atoms with Crippen LogP contribution in [0.3, 0.4) is 0 Å². The number of hydrogen-bond donors (Lipinski definition) is 0. The fraction of sp³-hybridized carbons (Fsp3) is 0.294. The van der Waals surface area contributed by atoms with Gasteiger partial charge >= 0.3 is 6.18 Å². The Morgan fingerprint density at radius 1 is 1.04 bits per heavy atom. The molecule has 1 saturated heterocycles. The maximum Gasteiger partial charge on any atom is 0.417 e. The zero-order valence-corrected chi connectivity index (χ0v) is 12.9. The third-order valence-electron chi connectivity index (χ3n) is 3.97. The van der Waals surface area contributed by atoms with Crippen LogP contribution in [0.15, 0.2) is 45.3 Å². The van der Waals surface area contributed by atoms with Gasteiger partial charge in [0.15, 0.2) is 5.76 Å². The number of halogens is 3. The van der Waals surface area contributed by atoms with Crippen LogP contribution in [0.4, 0.5) is 13.2 Å². The van der Waals surface area contributed by atoms with Crippen LogP contribution in [-0.2, 0) is 10.9 Å². The summed E-state index contributed by atoms with van der Waals surface area (Å²) in [6.45, 7) is 0.646. The molecule has 0 bridgehead atoms. The number of alkyl halides is 3. The molecule has 3 heterocycles. The van der Waals surface area contributed by atoms with Crippen molar-refractivity contribution in [1.29, 1.82) is 0 Å². The molecule has 0 saturated carbocycles. The molecule has 130 valence electrons. The van der Waals surface area contributed by atoms with Crippen molar-refractivity contribution in [1.82, 2.24) is 10.1 Å². The number of ether oxygens (including phenoxy) is 1. The van der Waals surface area contributed by atoms with E-state index in [1.54, 1.807) is 0 Å². The zero-order chi connectivity index (χ0) is 17.4. The van der Waals surface area contributed by atoms with E-state index in [-0.39, 0.29) is 29.1 Å². The second kappa shape index (κ2) is 6.03. The Labute approximate surface area is 140 Å². The highest BCUT2D eigenvalue weighted by atomic mass is 19.4. The maximum atomic E-state index is 13.1. The van der Waals surface area contributed by atoms with Crippen LogP contribution >= 0.6 is 0 Å².